The molecule has 10 aromatic rings. The van der Waals surface area contributed by atoms with Crippen LogP contribution in [0.2, 0.25) is 0 Å². The molecule has 3 nitrogen and oxygen atoms in total. The van der Waals surface area contributed by atoms with E-state index in [-0.39, 0.29) is 10.8 Å². The van der Waals surface area contributed by atoms with Gasteiger partial charge in [0.1, 0.15) is 16.7 Å². The lowest BCUT2D eigenvalue weighted by Crippen LogP contribution is -2.24. The van der Waals surface area contributed by atoms with E-state index in [0.717, 1.165) is 78.5 Å². The summed E-state index contributed by atoms with van der Waals surface area (Å²) in [5, 5.41) is 6.67. The average molecular weight is 786 g/mol. The van der Waals surface area contributed by atoms with E-state index in [2.05, 4.69) is 202 Å². The zero-order valence-corrected chi connectivity index (χ0v) is 34.7. The number of rotatable bonds is 4. The summed E-state index contributed by atoms with van der Waals surface area (Å²) in [5.41, 5.74) is 18.2. The summed E-state index contributed by atoms with van der Waals surface area (Å²) < 4.78 is 14.2. The smallest absolute Gasteiger partial charge is 0.159 e. The Balaban J connectivity index is 1.09. The summed E-state index contributed by atoms with van der Waals surface area (Å²) in [4.78, 5) is 2.41. The predicted octanol–water partition coefficient (Wildman–Crippen LogP) is 16.3. The second kappa shape index (κ2) is 12.2. The molecule has 0 aliphatic heterocycles. The van der Waals surface area contributed by atoms with Crippen LogP contribution in [0.15, 0.2) is 179 Å². The van der Waals surface area contributed by atoms with Gasteiger partial charge in [-0.3, -0.25) is 0 Å². The van der Waals surface area contributed by atoms with E-state index in [9.17, 15) is 0 Å². The standard InChI is InChI=1S/C58H43NO2/c1-57(2)46-20-10-7-16-39(46)41-28-25-36(31-48(41)57)53-54-44-18-9-12-23-51(44)60-52(54)33-45-43-19-13-22-50(55(43)61-56(45)53)59(37-26-24-34-14-5-6-15-35(34)30-37)38-27-29-42-40-17-8-11-21-47(40)58(3,4)49(42)32-38/h5-20,22-33,47H,21H2,1-4H3. The van der Waals surface area contributed by atoms with Gasteiger partial charge in [0.05, 0.1) is 5.69 Å². The first-order valence-electron chi connectivity index (χ1n) is 21.6. The van der Waals surface area contributed by atoms with Gasteiger partial charge in [0, 0.05) is 43.9 Å². The van der Waals surface area contributed by atoms with Crippen LogP contribution in [-0.4, -0.2) is 0 Å². The molecule has 3 heteroatoms. The summed E-state index contributed by atoms with van der Waals surface area (Å²) in [5.74, 6) is 0.461. The Labute approximate surface area is 354 Å². The van der Waals surface area contributed by atoms with E-state index in [1.807, 2.05) is 0 Å². The molecule has 1 unspecified atom stereocenters. The number of hydrogen-bond donors (Lipinski definition) is 0. The molecule has 0 radical (unpaired) electrons. The molecular formula is C58H43NO2. The minimum absolute atomic E-state index is 0.0140. The van der Waals surface area contributed by atoms with Crippen molar-refractivity contribution in [2.45, 2.75) is 44.9 Å². The van der Waals surface area contributed by atoms with E-state index in [0.29, 0.717) is 5.92 Å². The van der Waals surface area contributed by atoms with Crippen molar-refractivity contribution in [3.05, 3.63) is 192 Å². The van der Waals surface area contributed by atoms with Gasteiger partial charge >= 0.3 is 0 Å². The third-order valence-electron chi connectivity index (χ3n) is 14.5. The second-order valence-electron chi connectivity index (χ2n) is 18.4. The highest BCUT2D eigenvalue weighted by molar-refractivity contribution is 6.24. The van der Waals surface area contributed by atoms with Crippen LogP contribution in [0, 0.1) is 5.92 Å². The van der Waals surface area contributed by atoms with E-state index >= 15 is 0 Å². The maximum Gasteiger partial charge on any atom is 0.159 e. The number of allylic oxidation sites excluding steroid dienone is 4. The Morgan fingerprint density at radius 2 is 1.30 bits per heavy atom. The van der Waals surface area contributed by atoms with Crippen LogP contribution in [0.5, 0.6) is 0 Å². The Kier molecular flexibility index (Phi) is 6.97. The first-order valence-corrected chi connectivity index (χ1v) is 21.6. The number of anilines is 3. The highest BCUT2D eigenvalue weighted by Crippen LogP contribution is 2.56. The summed E-state index contributed by atoms with van der Waals surface area (Å²) in [6, 6.07) is 55.6. The average Bonchev–Trinajstić information content (AvgIpc) is 3.98. The zero-order valence-electron chi connectivity index (χ0n) is 34.7. The van der Waals surface area contributed by atoms with Crippen molar-refractivity contribution < 1.29 is 8.83 Å². The van der Waals surface area contributed by atoms with Crippen molar-refractivity contribution in [2.75, 3.05) is 4.90 Å². The molecule has 2 aromatic heterocycles. The molecule has 0 N–H and O–H groups in total. The molecule has 8 aromatic carbocycles. The molecule has 0 bridgehead atoms. The summed E-state index contributed by atoms with van der Waals surface area (Å²) in [7, 11) is 0. The summed E-state index contributed by atoms with van der Waals surface area (Å²) in [6.07, 6.45) is 7.94. The van der Waals surface area contributed by atoms with E-state index in [4.69, 9.17) is 8.83 Å². The van der Waals surface area contributed by atoms with Gasteiger partial charge in [-0.25, -0.2) is 0 Å². The fraction of sp³-hybridized carbons (Fsp3) is 0.138. The highest BCUT2D eigenvalue weighted by Gasteiger charge is 2.43. The molecule has 2 heterocycles. The molecule has 292 valence electrons. The molecule has 0 spiro atoms. The molecule has 3 aliphatic carbocycles. The first-order chi connectivity index (χ1) is 29.8. The van der Waals surface area contributed by atoms with Crippen LogP contribution < -0.4 is 4.90 Å². The summed E-state index contributed by atoms with van der Waals surface area (Å²) in [6.45, 7) is 9.53. The number of benzene rings is 8. The van der Waals surface area contributed by atoms with Crippen LogP contribution in [0.4, 0.5) is 17.1 Å². The number of fused-ring (bicyclic) bond motifs is 13. The van der Waals surface area contributed by atoms with Gasteiger partial charge in [0.2, 0.25) is 0 Å². The van der Waals surface area contributed by atoms with Crippen LogP contribution in [0.1, 0.15) is 56.4 Å². The lowest BCUT2D eigenvalue weighted by atomic mass is 9.75. The van der Waals surface area contributed by atoms with Crippen LogP contribution in [-0.2, 0) is 10.8 Å². The van der Waals surface area contributed by atoms with Gasteiger partial charge in [0.25, 0.3) is 0 Å². The maximum absolute atomic E-state index is 7.45. The molecule has 0 saturated heterocycles. The first kappa shape index (κ1) is 34.7. The molecule has 0 saturated carbocycles. The molecule has 13 rings (SSSR count). The van der Waals surface area contributed by atoms with Gasteiger partial charge in [0.15, 0.2) is 5.58 Å². The van der Waals surface area contributed by atoms with Gasteiger partial charge in [-0.15, -0.1) is 0 Å². The second-order valence-corrected chi connectivity index (χ2v) is 18.4. The highest BCUT2D eigenvalue weighted by atomic mass is 16.3. The van der Waals surface area contributed by atoms with E-state index < -0.39 is 0 Å². The quantitative estimate of drug-likeness (QED) is 0.178. The molecule has 0 fully saturated rings. The summed E-state index contributed by atoms with van der Waals surface area (Å²) >= 11 is 0. The minimum Gasteiger partial charge on any atom is -0.456 e. The Morgan fingerprint density at radius 1 is 0.541 bits per heavy atom. The molecular weight excluding hydrogens is 743 g/mol. The number of nitrogens with zero attached hydrogens (tertiary/aromatic N) is 1. The minimum atomic E-state index is -0.149. The number of hydrogen-bond acceptors (Lipinski definition) is 3. The fourth-order valence-electron chi connectivity index (χ4n) is 11.4. The maximum atomic E-state index is 7.45. The Bertz CT molecular complexity index is 3590. The van der Waals surface area contributed by atoms with Crippen molar-refractivity contribution in [3.8, 4) is 22.3 Å². The van der Waals surface area contributed by atoms with Crippen molar-refractivity contribution in [2.24, 2.45) is 5.92 Å². The molecule has 3 aliphatic rings. The van der Waals surface area contributed by atoms with Gasteiger partial charge in [-0.1, -0.05) is 149 Å². The van der Waals surface area contributed by atoms with Crippen LogP contribution >= 0.6 is 0 Å². The van der Waals surface area contributed by atoms with Gasteiger partial charge in [-0.05, 0) is 122 Å². The topological polar surface area (TPSA) is 29.5 Å². The van der Waals surface area contributed by atoms with Crippen molar-refractivity contribution in [1.82, 2.24) is 0 Å². The molecule has 1 atom stereocenters. The number of para-hydroxylation sites is 2. The fourth-order valence-corrected chi connectivity index (χ4v) is 11.4. The lowest BCUT2D eigenvalue weighted by Gasteiger charge is -2.30. The van der Waals surface area contributed by atoms with Crippen molar-refractivity contribution >= 4 is 77.3 Å². The van der Waals surface area contributed by atoms with Crippen molar-refractivity contribution in [1.29, 1.82) is 0 Å². The van der Waals surface area contributed by atoms with Crippen LogP contribution in [0.25, 0.3) is 82.5 Å². The predicted molar refractivity (Wildman–Crippen MR) is 254 cm³/mol. The van der Waals surface area contributed by atoms with Crippen LogP contribution in [0.3, 0.4) is 0 Å². The third-order valence-corrected chi connectivity index (χ3v) is 14.5. The van der Waals surface area contributed by atoms with Gasteiger partial charge < -0.3 is 13.7 Å². The lowest BCUT2D eigenvalue weighted by molar-refractivity contribution is 0.415. The number of furan rings is 2. The third kappa shape index (κ3) is 4.75. The Morgan fingerprint density at radius 3 is 2.21 bits per heavy atom. The van der Waals surface area contributed by atoms with Gasteiger partial charge in [-0.2, -0.15) is 0 Å². The SMILES string of the molecule is CC1(C)c2ccccc2-c2ccc(-c3c4oc5c(N(c6ccc7c(c6)C(C)(C)C6CC=CC=C76)c6ccc7ccccc7c6)cccc5c4cc4oc5ccccc5c34)cc21. The van der Waals surface area contributed by atoms with Crippen molar-refractivity contribution in [3.63, 3.8) is 0 Å². The Hall–Kier alpha value is -7.10. The normalized spacial score (nSPS) is 16.9. The monoisotopic (exact) mass is 785 g/mol. The largest absolute Gasteiger partial charge is 0.456 e. The van der Waals surface area contributed by atoms with E-state index in [1.165, 1.54) is 49.7 Å². The van der Waals surface area contributed by atoms with E-state index in [1.54, 1.807) is 0 Å². The molecule has 61 heavy (non-hydrogen) atoms. The molecule has 0 amide bonds. The zero-order chi connectivity index (χ0) is 40.8.